The fraction of sp³-hybridized carbons (Fsp3) is 0.267. The molecule has 0 amide bonds. The molecule has 3 aromatic carbocycles. The van der Waals surface area contributed by atoms with Crippen molar-refractivity contribution >= 4 is 5.76 Å². The molecule has 32 heavy (non-hydrogen) atoms. The Morgan fingerprint density at radius 1 is 0.906 bits per heavy atom. The maximum atomic E-state index is 13.0. The molecular formula is C30H31FO. The van der Waals surface area contributed by atoms with Gasteiger partial charge in [-0.15, -0.1) is 6.58 Å². The third-order valence-corrected chi connectivity index (χ3v) is 6.67. The third-order valence-electron chi connectivity index (χ3n) is 6.67. The van der Waals surface area contributed by atoms with Crippen molar-refractivity contribution < 1.29 is 9.13 Å². The molecule has 0 N–H and O–H groups in total. The van der Waals surface area contributed by atoms with Crippen LogP contribution >= 0.6 is 0 Å². The van der Waals surface area contributed by atoms with Crippen molar-refractivity contribution in [3.8, 4) is 22.3 Å². The molecule has 0 radical (unpaired) electrons. The van der Waals surface area contributed by atoms with Gasteiger partial charge in [-0.05, 0) is 77.5 Å². The Balaban J connectivity index is 1.72. The molecule has 0 atom stereocenters. The van der Waals surface area contributed by atoms with Crippen molar-refractivity contribution in [1.29, 1.82) is 0 Å². The molecule has 1 saturated carbocycles. The van der Waals surface area contributed by atoms with E-state index in [1.165, 1.54) is 46.7 Å². The molecule has 0 bridgehead atoms. The fourth-order valence-corrected chi connectivity index (χ4v) is 4.84. The number of allylic oxidation sites excluding steroid dienone is 2. The summed E-state index contributed by atoms with van der Waals surface area (Å²) in [5.41, 5.74) is 7.18. The van der Waals surface area contributed by atoms with Gasteiger partial charge in [0.05, 0.1) is 7.11 Å². The highest BCUT2D eigenvalue weighted by Crippen LogP contribution is 2.41. The van der Waals surface area contributed by atoms with Crippen LogP contribution in [0.4, 0.5) is 4.39 Å². The lowest BCUT2D eigenvalue weighted by Crippen LogP contribution is -2.12. The number of rotatable bonds is 7. The summed E-state index contributed by atoms with van der Waals surface area (Å²) >= 11 is 0. The van der Waals surface area contributed by atoms with Gasteiger partial charge in [0.1, 0.15) is 12.4 Å². The molecule has 2 heteroatoms. The van der Waals surface area contributed by atoms with Gasteiger partial charge >= 0.3 is 0 Å². The highest BCUT2D eigenvalue weighted by atomic mass is 19.1. The summed E-state index contributed by atoms with van der Waals surface area (Å²) < 4.78 is 18.5. The average molecular weight is 427 g/mol. The summed E-state index contributed by atoms with van der Waals surface area (Å²) in [5, 5.41) is 0. The second-order valence-electron chi connectivity index (χ2n) is 8.52. The summed E-state index contributed by atoms with van der Waals surface area (Å²) in [7, 11) is 1.60. The number of ether oxygens (including phenoxy) is 1. The van der Waals surface area contributed by atoms with Gasteiger partial charge in [-0.2, -0.15) is 0 Å². The van der Waals surface area contributed by atoms with E-state index >= 15 is 0 Å². The summed E-state index contributed by atoms with van der Waals surface area (Å²) in [6.45, 7) is 3.45. The number of hydrogen-bond donors (Lipinski definition) is 0. The standard InChI is InChI=1S/C30H31FO/c1-3-22-9-11-26(12-10-22)29-21-27(30(32-2)19-20-31)17-18-28(29)25-15-13-24(14-16-25)23-7-5-4-6-8-23/h3-8,13-19,21-22,26H,1,9-12,20H2,2H3/b30-19+. The van der Waals surface area contributed by atoms with E-state index in [9.17, 15) is 4.39 Å². The van der Waals surface area contributed by atoms with Crippen LogP contribution in [0.15, 0.2) is 91.5 Å². The van der Waals surface area contributed by atoms with Crippen molar-refractivity contribution in [1.82, 2.24) is 0 Å². The molecule has 1 aliphatic rings. The molecule has 1 fully saturated rings. The zero-order chi connectivity index (χ0) is 22.3. The first-order valence-corrected chi connectivity index (χ1v) is 11.5. The van der Waals surface area contributed by atoms with E-state index in [4.69, 9.17) is 4.74 Å². The highest BCUT2D eigenvalue weighted by molar-refractivity contribution is 5.75. The zero-order valence-electron chi connectivity index (χ0n) is 18.8. The molecule has 164 valence electrons. The predicted molar refractivity (Wildman–Crippen MR) is 133 cm³/mol. The Morgan fingerprint density at radius 2 is 1.56 bits per heavy atom. The van der Waals surface area contributed by atoms with E-state index < -0.39 is 6.67 Å². The minimum Gasteiger partial charge on any atom is -0.496 e. The first-order chi connectivity index (χ1) is 15.7. The second kappa shape index (κ2) is 10.5. The van der Waals surface area contributed by atoms with Crippen LogP contribution in [0.5, 0.6) is 0 Å². The van der Waals surface area contributed by atoms with Gasteiger partial charge in [-0.3, -0.25) is 0 Å². The van der Waals surface area contributed by atoms with E-state index in [1.807, 2.05) is 12.1 Å². The maximum absolute atomic E-state index is 13.0. The number of alkyl halides is 1. The van der Waals surface area contributed by atoms with Gasteiger partial charge in [0.25, 0.3) is 0 Å². The van der Waals surface area contributed by atoms with Crippen LogP contribution in [0, 0.1) is 5.92 Å². The van der Waals surface area contributed by atoms with Crippen LogP contribution in [-0.4, -0.2) is 13.8 Å². The van der Waals surface area contributed by atoms with Gasteiger partial charge in [0, 0.05) is 5.56 Å². The van der Waals surface area contributed by atoms with Crippen LogP contribution < -0.4 is 0 Å². The van der Waals surface area contributed by atoms with Gasteiger partial charge in [-0.1, -0.05) is 72.8 Å². The van der Waals surface area contributed by atoms with Crippen molar-refractivity contribution in [2.45, 2.75) is 31.6 Å². The molecule has 0 spiro atoms. The lowest BCUT2D eigenvalue weighted by Gasteiger charge is -2.29. The Kier molecular flexibility index (Phi) is 7.21. The molecule has 0 aliphatic heterocycles. The smallest absolute Gasteiger partial charge is 0.124 e. The minimum atomic E-state index is -0.536. The Hall–Kier alpha value is -3.13. The Morgan fingerprint density at radius 3 is 2.19 bits per heavy atom. The Bertz CT molecular complexity index is 1060. The number of hydrogen-bond acceptors (Lipinski definition) is 1. The van der Waals surface area contributed by atoms with Crippen LogP contribution in [0.1, 0.15) is 42.7 Å². The third kappa shape index (κ3) is 4.85. The number of benzene rings is 3. The molecule has 0 heterocycles. The molecule has 1 aliphatic carbocycles. The van der Waals surface area contributed by atoms with Crippen molar-refractivity contribution in [3.63, 3.8) is 0 Å². The summed E-state index contributed by atoms with van der Waals surface area (Å²) in [5.74, 6) is 1.70. The molecule has 0 saturated heterocycles. The maximum Gasteiger partial charge on any atom is 0.124 e. The largest absolute Gasteiger partial charge is 0.496 e. The topological polar surface area (TPSA) is 9.23 Å². The van der Waals surface area contributed by atoms with Crippen LogP contribution in [0.25, 0.3) is 28.0 Å². The average Bonchev–Trinajstić information content (AvgIpc) is 2.87. The fourth-order valence-electron chi connectivity index (χ4n) is 4.84. The van der Waals surface area contributed by atoms with Crippen LogP contribution in [-0.2, 0) is 4.74 Å². The van der Waals surface area contributed by atoms with Crippen LogP contribution in [0.2, 0.25) is 0 Å². The second-order valence-corrected chi connectivity index (χ2v) is 8.52. The molecule has 0 unspecified atom stereocenters. The van der Waals surface area contributed by atoms with Gasteiger partial charge in [-0.25, -0.2) is 4.39 Å². The van der Waals surface area contributed by atoms with Crippen molar-refractivity contribution in [3.05, 3.63) is 103 Å². The SMILES string of the molecule is C=CC1CCC(c2cc(/C(=C\CF)OC)ccc2-c2ccc(-c3ccccc3)cc2)CC1. The number of halogens is 1. The quantitative estimate of drug-likeness (QED) is 0.272. The van der Waals surface area contributed by atoms with Gasteiger partial charge in [0.2, 0.25) is 0 Å². The summed E-state index contributed by atoms with van der Waals surface area (Å²) in [6, 6.07) is 25.7. The van der Waals surface area contributed by atoms with Crippen molar-refractivity contribution in [2.24, 2.45) is 5.92 Å². The van der Waals surface area contributed by atoms with Crippen LogP contribution in [0.3, 0.4) is 0 Å². The van der Waals surface area contributed by atoms with E-state index in [0.717, 1.165) is 18.4 Å². The zero-order valence-corrected chi connectivity index (χ0v) is 18.8. The first kappa shape index (κ1) is 22.1. The lowest BCUT2D eigenvalue weighted by atomic mass is 9.76. The van der Waals surface area contributed by atoms with Gasteiger partial charge in [0.15, 0.2) is 0 Å². The number of methoxy groups -OCH3 is 1. The molecule has 0 aromatic heterocycles. The molecule has 1 nitrogen and oxygen atoms in total. The van der Waals surface area contributed by atoms with E-state index in [2.05, 4.69) is 73.3 Å². The first-order valence-electron chi connectivity index (χ1n) is 11.5. The van der Waals surface area contributed by atoms with E-state index in [1.54, 1.807) is 7.11 Å². The van der Waals surface area contributed by atoms with E-state index in [0.29, 0.717) is 17.6 Å². The molecule has 3 aromatic rings. The lowest BCUT2D eigenvalue weighted by molar-refractivity contribution is 0.365. The van der Waals surface area contributed by atoms with Gasteiger partial charge < -0.3 is 4.74 Å². The molecule has 4 rings (SSSR count). The normalized spacial score (nSPS) is 18.9. The highest BCUT2D eigenvalue weighted by Gasteiger charge is 2.24. The minimum absolute atomic E-state index is 0.485. The van der Waals surface area contributed by atoms with E-state index in [-0.39, 0.29) is 0 Å². The summed E-state index contributed by atoms with van der Waals surface area (Å²) in [4.78, 5) is 0. The predicted octanol–water partition coefficient (Wildman–Crippen LogP) is 8.44. The van der Waals surface area contributed by atoms with Crippen molar-refractivity contribution in [2.75, 3.05) is 13.8 Å². The molecular weight excluding hydrogens is 395 g/mol. The monoisotopic (exact) mass is 426 g/mol. The summed E-state index contributed by atoms with van der Waals surface area (Å²) in [6.07, 6.45) is 8.23. The Labute approximate surface area is 191 Å².